The summed E-state index contributed by atoms with van der Waals surface area (Å²) < 4.78 is 5.69. The van der Waals surface area contributed by atoms with Crippen LogP contribution in [0.5, 0.6) is 11.5 Å². The van der Waals surface area contributed by atoms with Crippen molar-refractivity contribution >= 4 is 6.21 Å². The summed E-state index contributed by atoms with van der Waals surface area (Å²) in [5.41, 5.74) is 3.22. The van der Waals surface area contributed by atoms with Crippen LogP contribution in [0.1, 0.15) is 16.8 Å². The van der Waals surface area contributed by atoms with Crippen molar-refractivity contribution in [1.29, 1.82) is 0 Å². The first-order valence-corrected chi connectivity index (χ1v) is 6.21. The molecule has 0 amide bonds. The lowest BCUT2D eigenvalue weighted by atomic mass is 10.0. The lowest BCUT2D eigenvalue weighted by Crippen LogP contribution is -2.04. The third-order valence-electron chi connectivity index (χ3n) is 3.05. The molecule has 0 bridgehead atoms. The van der Waals surface area contributed by atoms with Gasteiger partial charge in [-0.3, -0.25) is 9.98 Å². The molecule has 1 aliphatic heterocycles. The maximum Gasteiger partial charge on any atom is 0.133 e. The summed E-state index contributed by atoms with van der Waals surface area (Å²) in [5.74, 6) is 0.968. The van der Waals surface area contributed by atoms with Gasteiger partial charge >= 0.3 is 0 Å². The second-order valence-electron chi connectivity index (χ2n) is 4.44. The molecule has 0 aliphatic carbocycles. The molecule has 1 N–H and O–H groups in total. The van der Waals surface area contributed by atoms with Crippen molar-refractivity contribution in [3.8, 4) is 11.5 Å². The smallest absolute Gasteiger partial charge is 0.133 e. The normalized spacial score (nSPS) is 13.1. The molecule has 3 rings (SSSR count). The second-order valence-corrected chi connectivity index (χ2v) is 4.44. The number of ether oxygens (including phenoxy) is 1. The van der Waals surface area contributed by atoms with Crippen LogP contribution in [-0.2, 0) is 13.0 Å². The minimum Gasteiger partial charge on any atom is -0.506 e. The van der Waals surface area contributed by atoms with Gasteiger partial charge in [0.15, 0.2) is 0 Å². The second kappa shape index (κ2) is 5.10. The maximum atomic E-state index is 9.16. The summed E-state index contributed by atoms with van der Waals surface area (Å²) in [6, 6.07) is 9.40. The van der Waals surface area contributed by atoms with Crippen LogP contribution in [0, 0.1) is 0 Å². The Morgan fingerprint density at radius 1 is 1.21 bits per heavy atom. The van der Waals surface area contributed by atoms with E-state index in [-0.39, 0.29) is 5.75 Å². The Hall–Kier alpha value is -2.36. The molecule has 96 valence electrons. The average molecular weight is 254 g/mol. The summed E-state index contributed by atoms with van der Waals surface area (Å²) in [6.45, 7) is 1.25. The van der Waals surface area contributed by atoms with Crippen molar-refractivity contribution in [2.75, 3.05) is 6.54 Å². The monoisotopic (exact) mass is 254 g/mol. The molecule has 1 aromatic carbocycles. The molecule has 2 heterocycles. The summed E-state index contributed by atoms with van der Waals surface area (Å²) in [6.07, 6.45) is 4.30. The molecule has 0 atom stereocenters. The number of fused-ring (bicyclic) bond motifs is 1. The molecule has 1 aliphatic rings. The molecule has 0 fully saturated rings. The number of hydrogen-bond acceptors (Lipinski definition) is 4. The van der Waals surface area contributed by atoms with Crippen LogP contribution in [0.25, 0.3) is 0 Å². The predicted molar refractivity (Wildman–Crippen MR) is 72.8 cm³/mol. The number of pyridine rings is 1. The summed E-state index contributed by atoms with van der Waals surface area (Å²) >= 11 is 0. The highest BCUT2D eigenvalue weighted by molar-refractivity contribution is 5.83. The first kappa shape index (κ1) is 11.7. The van der Waals surface area contributed by atoms with Crippen molar-refractivity contribution < 1.29 is 9.84 Å². The Morgan fingerprint density at radius 2 is 2.16 bits per heavy atom. The first-order valence-electron chi connectivity index (χ1n) is 6.21. The SMILES string of the molecule is Oc1ccc(COc2ccc3c(c2)C=NCC3)nc1. The van der Waals surface area contributed by atoms with Crippen LogP contribution in [0.4, 0.5) is 0 Å². The highest BCUT2D eigenvalue weighted by atomic mass is 16.5. The third kappa shape index (κ3) is 2.73. The van der Waals surface area contributed by atoms with Gasteiger partial charge in [-0.1, -0.05) is 6.07 Å². The summed E-state index contributed by atoms with van der Waals surface area (Å²) in [4.78, 5) is 8.35. The molecule has 0 unspecified atom stereocenters. The van der Waals surface area contributed by atoms with E-state index in [2.05, 4.69) is 16.0 Å². The van der Waals surface area contributed by atoms with E-state index in [1.807, 2.05) is 18.3 Å². The minimum atomic E-state index is 0.161. The topological polar surface area (TPSA) is 54.7 Å². The van der Waals surface area contributed by atoms with E-state index in [4.69, 9.17) is 9.84 Å². The van der Waals surface area contributed by atoms with Crippen LogP contribution in [-0.4, -0.2) is 22.8 Å². The van der Waals surface area contributed by atoms with Gasteiger partial charge in [0.25, 0.3) is 0 Å². The quantitative estimate of drug-likeness (QED) is 0.914. The fourth-order valence-corrected chi connectivity index (χ4v) is 2.02. The zero-order valence-corrected chi connectivity index (χ0v) is 10.4. The number of benzene rings is 1. The van der Waals surface area contributed by atoms with Crippen LogP contribution >= 0.6 is 0 Å². The number of rotatable bonds is 3. The van der Waals surface area contributed by atoms with E-state index in [0.29, 0.717) is 6.61 Å². The molecule has 0 saturated carbocycles. The lowest BCUT2D eigenvalue weighted by Gasteiger charge is -2.12. The number of aliphatic imine (C=N–C) groups is 1. The molecule has 1 aromatic heterocycles. The van der Waals surface area contributed by atoms with Gasteiger partial charge in [0, 0.05) is 12.8 Å². The molecule has 0 saturated heterocycles. The predicted octanol–water partition coefficient (Wildman–Crippen LogP) is 2.34. The Labute approximate surface area is 111 Å². The van der Waals surface area contributed by atoms with Gasteiger partial charge in [0.05, 0.1) is 11.9 Å². The van der Waals surface area contributed by atoms with Crippen LogP contribution in [0.15, 0.2) is 41.5 Å². The summed E-state index contributed by atoms with van der Waals surface area (Å²) in [7, 11) is 0. The van der Waals surface area contributed by atoms with Crippen molar-refractivity contribution in [2.45, 2.75) is 13.0 Å². The zero-order chi connectivity index (χ0) is 13.1. The molecule has 0 spiro atoms. The largest absolute Gasteiger partial charge is 0.506 e. The highest BCUT2D eigenvalue weighted by Crippen LogP contribution is 2.20. The maximum absolute atomic E-state index is 9.16. The van der Waals surface area contributed by atoms with Gasteiger partial charge in [0.1, 0.15) is 18.1 Å². The average Bonchev–Trinajstić information content (AvgIpc) is 2.46. The van der Waals surface area contributed by atoms with E-state index in [0.717, 1.165) is 30.0 Å². The van der Waals surface area contributed by atoms with Gasteiger partial charge in [0.2, 0.25) is 0 Å². The lowest BCUT2D eigenvalue weighted by molar-refractivity contribution is 0.301. The standard InChI is InChI=1S/C15H14N2O2/c18-14-3-2-13(17-9-14)10-19-15-4-1-11-5-6-16-8-12(11)7-15/h1-4,7-9,18H,5-6,10H2. The van der Waals surface area contributed by atoms with Crippen molar-refractivity contribution in [1.82, 2.24) is 4.98 Å². The Balaban J connectivity index is 1.70. The van der Waals surface area contributed by atoms with E-state index in [1.54, 1.807) is 12.1 Å². The number of aromatic nitrogens is 1. The van der Waals surface area contributed by atoms with Crippen LogP contribution in [0.3, 0.4) is 0 Å². The highest BCUT2D eigenvalue weighted by Gasteiger charge is 2.06. The van der Waals surface area contributed by atoms with Gasteiger partial charge in [-0.15, -0.1) is 0 Å². The molecule has 4 nitrogen and oxygen atoms in total. The van der Waals surface area contributed by atoms with Crippen molar-refractivity contribution in [3.63, 3.8) is 0 Å². The van der Waals surface area contributed by atoms with Crippen LogP contribution in [0.2, 0.25) is 0 Å². The molecule has 0 radical (unpaired) electrons. The fraction of sp³-hybridized carbons (Fsp3) is 0.200. The fourth-order valence-electron chi connectivity index (χ4n) is 2.02. The number of hydrogen-bond donors (Lipinski definition) is 1. The minimum absolute atomic E-state index is 0.161. The van der Waals surface area contributed by atoms with Crippen LogP contribution < -0.4 is 4.74 Å². The number of aromatic hydroxyl groups is 1. The van der Waals surface area contributed by atoms with E-state index >= 15 is 0 Å². The molecular formula is C15H14N2O2. The Morgan fingerprint density at radius 3 is 3.00 bits per heavy atom. The summed E-state index contributed by atoms with van der Waals surface area (Å²) in [5, 5.41) is 9.16. The third-order valence-corrected chi connectivity index (χ3v) is 3.05. The van der Waals surface area contributed by atoms with Gasteiger partial charge in [-0.25, -0.2) is 0 Å². The van der Waals surface area contributed by atoms with Crippen molar-refractivity contribution in [2.24, 2.45) is 4.99 Å². The van der Waals surface area contributed by atoms with Crippen molar-refractivity contribution in [3.05, 3.63) is 53.3 Å². The Bertz CT molecular complexity index is 606. The van der Waals surface area contributed by atoms with E-state index < -0.39 is 0 Å². The molecule has 19 heavy (non-hydrogen) atoms. The van der Waals surface area contributed by atoms with Gasteiger partial charge < -0.3 is 9.84 Å². The molecule has 2 aromatic rings. The molecular weight excluding hydrogens is 240 g/mol. The first-order chi connectivity index (χ1) is 9.31. The van der Waals surface area contributed by atoms with Gasteiger partial charge in [-0.2, -0.15) is 0 Å². The van der Waals surface area contributed by atoms with E-state index in [1.165, 1.54) is 11.8 Å². The van der Waals surface area contributed by atoms with Gasteiger partial charge in [-0.05, 0) is 41.8 Å². The zero-order valence-electron chi connectivity index (χ0n) is 10.4. The Kier molecular flexibility index (Phi) is 3.14. The van der Waals surface area contributed by atoms with E-state index in [9.17, 15) is 0 Å². The number of nitrogens with zero attached hydrogens (tertiary/aromatic N) is 2. The molecule has 4 heteroatoms.